The van der Waals surface area contributed by atoms with Gasteiger partial charge in [-0.1, -0.05) is 41.9 Å². The molecule has 0 saturated carbocycles. The Morgan fingerprint density at radius 1 is 1.43 bits per heavy atom. The molecule has 1 unspecified atom stereocenters. The number of nitrogens with two attached hydrogens (primary N) is 1. The molecule has 0 aliphatic rings. The summed E-state index contributed by atoms with van der Waals surface area (Å²) in [5.74, 6) is -0.552. The van der Waals surface area contributed by atoms with Crippen LogP contribution in [-0.2, 0) is 11.3 Å². The number of carbonyl (C=O) groups excluding carboxylic acids is 1. The molecule has 0 spiro atoms. The monoisotopic (exact) mass is 307 g/mol. The molecule has 1 aromatic carbocycles. The molecule has 5 nitrogen and oxygen atoms in total. The third kappa shape index (κ3) is 3.50. The first kappa shape index (κ1) is 15.7. The van der Waals surface area contributed by atoms with E-state index >= 15 is 0 Å². The van der Waals surface area contributed by atoms with Gasteiger partial charge in [-0.3, -0.25) is 9.48 Å². The van der Waals surface area contributed by atoms with Crippen LogP contribution in [0.15, 0.2) is 36.5 Å². The third-order valence-electron chi connectivity index (χ3n) is 3.29. The van der Waals surface area contributed by atoms with Crippen LogP contribution in [0.2, 0.25) is 5.02 Å². The highest BCUT2D eigenvalue weighted by atomic mass is 35.5. The predicted molar refractivity (Wildman–Crippen MR) is 81.7 cm³/mol. The van der Waals surface area contributed by atoms with E-state index in [0.29, 0.717) is 23.9 Å². The number of carbonyl (C=O) groups is 1. The van der Waals surface area contributed by atoms with Crippen molar-refractivity contribution >= 4 is 17.4 Å². The fourth-order valence-electron chi connectivity index (χ4n) is 2.20. The molecule has 0 aliphatic carbocycles. The minimum Gasteiger partial charge on any atom is -0.383 e. The SMILES string of the molecule is COCCn1ncc(Cl)c1C(=O)C(CN)c1ccccc1. The van der Waals surface area contributed by atoms with E-state index in [2.05, 4.69) is 5.10 Å². The van der Waals surface area contributed by atoms with E-state index in [1.807, 2.05) is 30.3 Å². The molecule has 2 N–H and O–H groups in total. The van der Waals surface area contributed by atoms with Crippen LogP contribution in [0.4, 0.5) is 0 Å². The van der Waals surface area contributed by atoms with Gasteiger partial charge in [-0.05, 0) is 5.56 Å². The zero-order chi connectivity index (χ0) is 15.2. The molecule has 2 aromatic rings. The van der Waals surface area contributed by atoms with Gasteiger partial charge in [-0.15, -0.1) is 0 Å². The molecule has 0 bridgehead atoms. The van der Waals surface area contributed by atoms with Crippen LogP contribution in [0.5, 0.6) is 0 Å². The van der Waals surface area contributed by atoms with Crippen LogP contribution in [0.25, 0.3) is 0 Å². The van der Waals surface area contributed by atoms with E-state index in [-0.39, 0.29) is 12.3 Å². The maximum atomic E-state index is 12.8. The molecule has 1 aromatic heterocycles. The molecule has 2 rings (SSSR count). The van der Waals surface area contributed by atoms with Crippen molar-refractivity contribution in [1.29, 1.82) is 0 Å². The van der Waals surface area contributed by atoms with Crippen LogP contribution in [0, 0.1) is 0 Å². The Labute approximate surface area is 128 Å². The van der Waals surface area contributed by atoms with E-state index in [1.54, 1.807) is 11.8 Å². The van der Waals surface area contributed by atoms with Gasteiger partial charge in [0.25, 0.3) is 0 Å². The number of methoxy groups -OCH3 is 1. The maximum absolute atomic E-state index is 12.8. The second-order valence-corrected chi connectivity index (χ2v) is 5.03. The largest absolute Gasteiger partial charge is 0.383 e. The number of aromatic nitrogens is 2. The zero-order valence-electron chi connectivity index (χ0n) is 11.8. The summed E-state index contributed by atoms with van der Waals surface area (Å²) in [6, 6.07) is 9.44. The molecular weight excluding hydrogens is 290 g/mol. The van der Waals surface area contributed by atoms with Crippen LogP contribution in [0.1, 0.15) is 22.0 Å². The van der Waals surface area contributed by atoms with Crippen LogP contribution >= 0.6 is 11.6 Å². The highest BCUT2D eigenvalue weighted by Gasteiger charge is 2.26. The van der Waals surface area contributed by atoms with Crippen LogP contribution in [-0.4, -0.2) is 35.8 Å². The van der Waals surface area contributed by atoms with E-state index in [4.69, 9.17) is 22.1 Å². The smallest absolute Gasteiger partial charge is 0.191 e. The Hall–Kier alpha value is -1.69. The summed E-state index contributed by atoms with van der Waals surface area (Å²) in [7, 11) is 1.60. The van der Waals surface area contributed by atoms with Crippen molar-refractivity contribution in [3.63, 3.8) is 0 Å². The Kier molecular flexibility index (Phi) is 5.50. The molecule has 1 heterocycles. The molecular formula is C15H18ClN3O2. The van der Waals surface area contributed by atoms with Gasteiger partial charge in [-0.25, -0.2) is 0 Å². The van der Waals surface area contributed by atoms with Crippen molar-refractivity contribution in [2.45, 2.75) is 12.5 Å². The Bertz CT molecular complexity index is 598. The molecule has 112 valence electrons. The van der Waals surface area contributed by atoms with Gasteiger partial charge in [0.05, 0.1) is 30.3 Å². The first-order valence-electron chi connectivity index (χ1n) is 6.68. The Morgan fingerprint density at radius 3 is 2.76 bits per heavy atom. The first-order valence-corrected chi connectivity index (χ1v) is 7.06. The highest BCUT2D eigenvalue weighted by molar-refractivity contribution is 6.33. The van der Waals surface area contributed by atoms with Crippen molar-refractivity contribution in [3.05, 3.63) is 52.8 Å². The lowest BCUT2D eigenvalue weighted by atomic mass is 9.93. The first-order chi connectivity index (χ1) is 10.2. The Morgan fingerprint density at radius 2 is 2.14 bits per heavy atom. The molecule has 21 heavy (non-hydrogen) atoms. The fourth-order valence-corrected chi connectivity index (χ4v) is 2.43. The molecule has 0 aliphatic heterocycles. The number of hydrogen-bond donors (Lipinski definition) is 1. The average molecular weight is 308 g/mol. The predicted octanol–water partition coefficient (Wildman–Crippen LogP) is 2.11. The standard InChI is InChI=1S/C15H18ClN3O2/c1-21-8-7-19-14(13(16)10-18-19)15(20)12(9-17)11-5-3-2-4-6-11/h2-6,10,12H,7-9,17H2,1H3. The van der Waals surface area contributed by atoms with Gasteiger partial charge in [0.15, 0.2) is 5.78 Å². The van der Waals surface area contributed by atoms with Crippen molar-refractivity contribution in [2.24, 2.45) is 5.73 Å². The second-order valence-electron chi connectivity index (χ2n) is 4.62. The summed E-state index contributed by atoms with van der Waals surface area (Å²) in [5.41, 5.74) is 7.05. The van der Waals surface area contributed by atoms with Crippen molar-refractivity contribution in [2.75, 3.05) is 20.3 Å². The van der Waals surface area contributed by atoms with Crippen molar-refractivity contribution < 1.29 is 9.53 Å². The number of ether oxygens (including phenoxy) is 1. The number of rotatable bonds is 7. The number of ketones is 1. The maximum Gasteiger partial charge on any atom is 0.191 e. The van der Waals surface area contributed by atoms with Crippen LogP contribution < -0.4 is 5.73 Å². The minimum absolute atomic E-state index is 0.123. The molecule has 6 heteroatoms. The van der Waals surface area contributed by atoms with E-state index in [9.17, 15) is 4.79 Å². The summed E-state index contributed by atoms with van der Waals surface area (Å²) in [6.07, 6.45) is 1.48. The molecule has 1 atom stereocenters. The van der Waals surface area contributed by atoms with Gasteiger partial charge in [0.1, 0.15) is 5.69 Å². The minimum atomic E-state index is -0.429. The topological polar surface area (TPSA) is 70.1 Å². The number of hydrogen-bond acceptors (Lipinski definition) is 4. The molecule has 0 radical (unpaired) electrons. The lowest BCUT2D eigenvalue weighted by Gasteiger charge is -2.15. The number of Topliss-reactive ketones (excluding diaryl/α,β-unsaturated/α-hetero) is 1. The van der Waals surface area contributed by atoms with E-state index < -0.39 is 5.92 Å². The summed E-state index contributed by atoms with van der Waals surface area (Å²) in [5, 5.41) is 4.47. The highest BCUT2D eigenvalue weighted by Crippen LogP contribution is 2.24. The van der Waals surface area contributed by atoms with Gasteiger partial charge in [0, 0.05) is 13.7 Å². The number of halogens is 1. The quantitative estimate of drug-likeness (QED) is 0.795. The zero-order valence-corrected chi connectivity index (χ0v) is 12.6. The summed E-state index contributed by atoms with van der Waals surface area (Å²) in [4.78, 5) is 12.8. The summed E-state index contributed by atoms with van der Waals surface area (Å²) < 4.78 is 6.59. The van der Waals surface area contributed by atoms with E-state index in [1.165, 1.54) is 6.20 Å². The molecule has 0 saturated heterocycles. The second kappa shape index (κ2) is 7.36. The van der Waals surface area contributed by atoms with Crippen molar-refractivity contribution in [1.82, 2.24) is 9.78 Å². The van der Waals surface area contributed by atoms with Gasteiger partial charge < -0.3 is 10.5 Å². The third-order valence-corrected chi connectivity index (χ3v) is 3.57. The molecule has 0 amide bonds. The summed E-state index contributed by atoms with van der Waals surface area (Å²) >= 11 is 6.12. The van der Waals surface area contributed by atoms with Gasteiger partial charge in [-0.2, -0.15) is 5.10 Å². The van der Waals surface area contributed by atoms with Crippen molar-refractivity contribution in [3.8, 4) is 0 Å². The number of nitrogens with zero attached hydrogens (tertiary/aromatic N) is 2. The van der Waals surface area contributed by atoms with E-state index in [0.717, 1.165) is 5.56 Å². The lowest BCUT2D eigenvalue weighted by molar-refractivity contribution is 0.0948. The summed E-state index contributed by atoms with van der Waals surface area (Å²) in [6.45, 7) is 1.14. The lowest BCUT2D eigenvalue weighted by Crippen LogP contribution is -2.25. The van der Waals surface area contributed by atoms with Gasteiger partial charge >= 0.3 is 0 Å². The van der Waals surface area contributed by atoms with Crippen LogP contribution in [0.3, 0.4) is 0 Å². The fraction of sp³-hybridized carbons (Fsp3) is 0.333. The van der Waals surface area contributed by atoms with Gasteiger partial charge in [0.2, 0.25) is 0 Å². The normalized spacial score (nSPS) is 12.3. The molecule has 0 fully saturated rings. The Balaban J connectivity index is 2.32. The number of benzene rings is 1. The average Bonchev–Trinajstić information content (AvgIpc) is 2.87.